The Hall–Kier alpha value is -2.00. The lowest BCUT2D eigenvalue weighted by Crippen LogP contribution is -2.36. The van der Waals surface area contributed by atoms with E-state index in [4.69, 9.17) is 5.11 Å². The van der Waals surface area contributed by atoms with Crippen LogP contribution in [0.25, 0.3) is 0 Å². The smallest absolute Gasteiger partial charge is 0.355 e. The van der Waals surface area contributed by atoms with Crippen LogP contribution >= 0.6 is 22.7 Å². The number of carbonyl (C=O) groups excluding carboxylic acids is 1. The molecule has 0 spiro atoms. The lowest BCUT2D eigenvalue weighted by atomic mass is 10.4. The molecule has 106 valence electrons. The summed E-state index contributed by atoms with van der Waals surface area (Å²) in [4.78, 5) is 32.0. The Morgan fingerprint density at radius 3 is 2.85 bits per heavy atom. The van der Waals surface area contributed by atoms with Gasteiger partial charge in [0.25, 0.3) is 0 Å². The molecule has 0 saturated heterocycles. The van der Waals surface area contributed by atoms with Gasteiger partial charge < -0.3 is 15.3 Å². The van der Waals surface area contributed by atoms with E-state index in [9.17, 15) is 9.59 Å². The van der Waals surface area contributed by atoms with Crippen LogP contribution in [-0.2, 0) is 13.1 Å². The van der Waals surface area contributed by atoms with Crippen LogP contribution < -0.4 is 5.32 Å². The number of urea groups is 1. The minimum absolute atomic E-state index is 0.00456. The molecule has 0 fully saturated rings. The first kappa shape index (κ1) is 14.4. The van der Waals surface area contributed by atoms with Crippen molar-refractivity contribution in [1.82, 2.24) is 20.2 Å². The highest BCUT2D eigenvalue weighted by Gasteiger charge is 2.12. The third-order valence-corrected chi connectivity index (χ3v) is 3.88. The summed E-state index contributed by atoms with van der Waals surface area (Å²) < 4.78 is 0. The van der Waals surface area contributed by atoms with Crippen LogP contribution in [0.3, 0.4) is 0 Å². The van der Waals surface area contributed by atoms with Crippen molar-refractivity contribution in [2.75, 3.05) is 7.05 Å². The summed E-state index contributed by atoms with van der Waals surface area (Å²) in [7, 11) is 1.67. The number of rotatable bonds is 5. The Labute approximate surface area is 122 Å². The molecule has 0 bridgehead atoms. The zero-order valence-corrected chi connectivity index (χ0v) is 12.2. The minimum atomic E-state index is -1.07. The van der Waals surface area contributed by atoms with E-state index in [1.165, 1.54) is 33.0 Å². The fraction of sp³-hybridized carbons (Fsp3) is 0.273. The highest BCUT2D eigenvalue weighted by atomic mass is 32.1. The zero-order chi connectivity index (χ0) is 14.5. The van der Waals surface area contributed by atoms with Gasteiger partial charge in [0.2, 0.25) is 0 Å². The number of hydrogen-bond acceptors (Lipinski definition) is 6. The predicted octanol–water partition coefficient (Wildman–Crippen LogP) is 1.64. The number of nitrogens with zero attached hydrogens (tertiary/aromatic N) is 3. The van der Waals surface area contributed by atoms with Crippen molar-refractivity contribution < 1.29 is 14.7 Å². The zero-order valence-electron chi connectivity index (χ0n) is 10.6. The molecule has 0 aromatic carbocycles. The number of nitrogens with one attached hydrogen (secondary N) is 1. The number of carboxylic acid groups (broad SMARTS) is 1. The average molecular weight is 312 g/mol. The molecule has 0 saturated carbocycles. The standard InChI is InChI=1S/C11H12N4O3S2/c1-15(3-7-4-19-6-13-7)11(18)12-2-9-14-8(5-20-9)10(16)17/h4-6H,2-3H2,1H3,(H,12,18)(H,16,17). The summed E-state index contributed by atoms with van der Waals surface area (Å²) in [5, 5.41) is 15.3. The fourth-order valence-electron chi connectivity index (χ4n) is 1.41. The first-order chi connectivity index (χ1) is 9.56. The highest BCUT2D eigenvalue weighted by Crippen LogP contribution is 2.10. The molecule has 2 rings (SSSR count). The molecular weight excluding hydrogens is 300 g/mol. The minimum Gasteiger partial charge on any atom is -0.476 e. The summed E-state index contributed by atoms with van der Waals surface area (Å²) in [6, 6.07) is -0.259. The topological polar surface area (TPSA) is 95.4 Å². The van der Waals surface area contributed by atoms with Gasteiger partial charge in [0.05, 0.1) is 24.3 Å². The van der Waals surface area contributed by atoms with Crippen LogP contribution in [0.15, 0.2) is 16.3 Å². The Balaban J connectivity index is 1.83. The molecular formula is C11H12N4O3S2. The van der Waals surface area contributed by atoms with Gasteiger partial charge in [0, 0.05) is 17.8 Å². The molecule has 2 aromatic heterocycles. The molecule has 2 amide bonds. The second-order valence-corrected chi connectivity index (χ2v) is 5.59. The number of carboxylic acids is 1. The van der Waals surface area contributed by atoms with Crippen LogP contribution in [-0.4, -0.2) is 39.0 Å². The number of aromatic carboxylic acids is 1. The maximum Gasteiger partial charge on any atom is 0.355 e. The van der Waals surface area contributed by atoms with E-state index in [2.05, 4.69) is 15.3 Å². The monoisotopic (exact) mass is 312 g/mol. The molecule has 0 aliphatic carbocycles. The van der Waals surface area contributed by atoms with Crippen molar-refractivity contribution in [3.05, 3.63) is 32.7 Å². The van der Waals surface area contributed by atoms with E-state index in [0.29, 0.717) is 11.6 Å². The SMILES string of the molecule is CN(Cc1cscn1)C(=O)NCc1nc(C(=O)O)cs1. The van der Waals surface area contributed by atoms with E-state index < -0.39 is 5.97 Å². The van der Waals surface area contributed by atoms with E-state index >= 15 is 0 Å². The van der Waals surface area contributed by atoms with Gasteiger partial charge in [-0.15, -0.1) is 22.7 Å². The van der Waals surface area contributed by atoms with Crippen molar-refractivity contribution in [1.29, 1.82) is 0 Å². The van der Waals surface area contributed by atoms with Gasteiger partial charge >= 0.3 is 12.0 Å². The third-order valence-electron chi connectivity index (χ3n) is 2.39. The number of thiazole rings is 2. The van der Waals surface area contributed by atoms with Crippen LogP contribution in [0.5, 0.6) is 0 Å². The van der Waals surface area contributed by atoms with Crippen molar-refractivity contribution in [3.63, 3.8) is 0 Å². The summed E-state index contributed by atoms with van der Waals surface area (Å²) in [6.45, 7) is 0.631. The largest absolute Gasteiger partial charge is 0.476 e. The lowest BCUT2D eigenvalue weighted by molar-refractivity contribution is 0.0691. The first-order valence-electron chi connectivity index (χ1n) is 5.60. The van der Waals surface area contributed by atoms with E-state index in [0.717, 1.165) is 5.69 Å². The fourth-order valence-corrected chi connectivity index (χ4v) is 2.66. The van der Waals surface area contributed by atoms with Crippen molar-refractivity contribution in [2.24, 2.45) is 0 Å². The lowest BCUT2D eigenvalue weighted by Gasteiger charge is -2.16. The molecule has 9 heteroatoms. The molecule has 2 N–H and O–H groups in total. The third kappa shape index (κ3) is 3.75. The second-order valence-electron chi connectivity index (χ2n) is 3.93. The van der Waals surface area contributed by atoms with Crippen LogP contribution in [0, 0.1) is 0 Å². The van der Waals surface area contributed by atoms with Crippen LogP contribution in [0.1, 0.15) is 21.2 Å². The molecule has 0 radical (unpaired) electrons. The Morgan fingerprint density at radius 1 is 1.45 bits per heavy atom. The number of amides is 2. The average Bonchev–Trinajstić information content (AvgIpc) is 3.06. The van der Waals surface area contributed by atoms with Crippen molar-refractivity contribution in [2.45, 2.75) is 13.1 Å². The van der Waals surface area contributed by atoms with Crippen molar-refractivity contribution in [3.8, 4) is 0 Å². The van der Waals surface area contributed by atoms with E-state index in [1.54, 1.807) is 12.6 Å². The van der Waals surface area contributed by atoms with Gasteiger partial charge in [0.15, 0.2) is 5.69 Å². The highest BCUT2D eigenvalue weighted by molar-refractivity contribution is 7.09. The van der Waals surface area contributed by atoms with Gasteiger partial charge in [0.1, 0.15) is 5.01 Å². The Bertz CT molecular complexity index is 597. The van der Waals surface area contributed by atoms with E-state index in [1.807, 2.05) is 5.38 Å². The number of hydrogen-bond donors (Lipinski definition) is 2. The predicted molar refractivity (Wildman–Crippen MR) is 74.9 cm³/mol. The number of carbonyl (C=O) groups is 2. The molecule has 0 unspecified atom stereocenters. The Morgan fingerprint density at radius 2 is 2.25 bits per heavy atom. The Kier molecular flexibility index (Phi) is 4.64. The van der Waals surface area contributed by atoms with Gasteiger partial charge in [-0.05, 0) is 0 Å². The first-order valence-corrected chi connectivity index (χ1v) is 7.42. The maximum atomic E-state index is 11.8. The molecule has 0 aliphatic rings. The van der Waals surface area contributed by atoms with Crippen molar-refractivity contribution >= 4 is 34.7 Å². The summed E-state index contributed by atoms with van der Waals surface area (Å²) >= 11 is 2.68. The van der Waals surface area contributed by atoms with Gasteiger partial charge in [-0.3, -0.25) is 0 Å². The van der Waals surface area contributed by atoms with Crippen LogP contribution in [0.2, 0.25) is 0 Å². The molecule has 20 heavy (non-hydrogen) atoms. The molecule has 7 nitrogen and oxygen atoms in total. The summed E-state index contributed by atoms with van der Waals surface area (Å²) in [5.74, 6) is -1.07. The second kappa shape index (κ2) is 6.44. The summed E-state index contributed by atoms with van der Waals surface area (Å²) in [5.41, 5.74) is 2.54. The van der Waals surface area contributed by atoms with E-state index in [-0.39, 0.29) is 18.3 Å². The molecule has 2 aromatic rings. The normalized spacial score (nSPS) is 10.2. The van der Waals surface area contributed by atoms with Gasteiger partial charge in [-0.2, -0.15) is 0 Å². The van der Waals surface area contributed by atoms with Crippen LogP contribution in [0.4, 0.5) is 4.79 Å². The van der Waals surface area contributed by atoms with Gasteiger partial charge in [-0.1, -0.05) is 0 Å². The summed E-state index contributed by atoms with van der Waals surface area (Å²) in [6.07, 6.45) is 0. The molecule has 0 atom stereocenters. The van der Waals surface area contributed by atoms with Gasteiger partial charge in [-0.25, -0.2) is 19.6 Å². The maximum absolute atomic E-state index is 11.8. The quantitative estimate of drug-likeness (QED) is 0.875. The molecule has 2 heterocycles. The number of aromatic nitrogens is 2. The molecule has 0 aliphatic heterocycles.